The van der Waals surface area contributed by atoms with Gasteiger partial charge in [0.15, 0.2) is 11.5 Å². The lowest BCUT2D eigenvalue weighted by Crippen LogP contribution is -2.30. The van der Waals surface area contributed by atoms with Crippen LogP contribution in [0, 0.1) is 0 Å². The van der Waals surface area contributed by atoms with E-state index in [4.69, 9.17) is 4.74 Å². The van der Waals surface area contributed by atoms with Crippen LogP contribution in [0.25, 0.3) is 5.57 Å². The summed E-state index contributed by atoms with van der Waals surface area (Å²) < 4.78 is 5.08. The highest BCUT2D eigenvalue weighted by Gasteiger charge is 2.19. The molecule has 1 N–H and O–H groups in total. The Bertz CT molecular complexity index is 588. The molecule has 0 unspecified atom stereocenters. The predicted molar refractivity (Wildman–Crippen MR) is 56.5 cm³/mol. The summed E-state index contributed by atoms with van der Waals surface area (Å²) in [6.45, 7) is 0.779. The second-order valence-corrected chi connectivity index (χ2v) is 3.59. The van der Waals surface area contributed by atoms with Gasteiger partial charge in [-0.3, -0.25) is 9.98 Å². The molecule has 4 heteroatoms. The fraction of sp³-hybridized carbons (Fsp3) is 0.273. The van der Waals surface area contributed by atoms with Crippen molar-refractivity contribution in [2.75, 3.05) is 13.7 Å². The summed E-state index contributed by atoms with van der Waals surface area (Å²) in [7, 11) is 1.53. The van der Waals surface area contributed by atoms with Crippen molar-refractivity contribution in [3.8, 4) is 11.5 Å². The van der Waals surface area contributed by atoms with Gasteiger partial charge < -0.3 is 9.84 Å². The molecule has 2 aliphatic heterocycles. The van der Waals surface area contributed by atoms with Crippen molar-refractivity contribution >= 4 is 17.5 Å². The fourth-order valence-corrected chi connectivity index (χ4v) is 2.04. The number of rotatable bonds is 1. The van der Waals surface area contributed by atoms with Gasteiger partial charge in [0.2, 0.25) is 0 Å². The average Bonchev–Trinajstić information content (AvgIpc) is 2.69. The van der Waals surface area contributed by atoms with Crippen LogP contribution in [0.5, 0.6) is 11.5 Å². The van der Waals surface area contributed by atoms with Gasteiger partial charge in [-0.25, -0.2) is 0 Å². The third-order valence-electron chi connectivity index (χ3n) is 2.77. The van der Waals surface area contributed by atoms with Gasteiger partial charge in [0.1, 0.15) is 5.69 Å². The number of methoxy groups -OCH3 is 1. The van der Waals surface area contributed by atoms with E-state index in [1.807, 2.05) is 6.21 Å². The Morgan fingerprint density at radius 1 is 1.47 bits per heavy atom. The molecule has 0 bridgehead atoms. The minimum Gasteiger partial charge on any atom is -0.503 e. The fourth-order valence-electron chi connectivity index (χ4n) is 2.04. The molecule has 2 heterocycles. The first-order valence-electron chi connectivity index (χ1n) is 4.83. The summed E-state index contributed by atoms with van der Waals surface area (Å²) in [5.74, 6) is 0.549. The standard InChI is InChI=1S/C11H10N2O2/c1-15-8-4-7-9-6(2-3-12-7)5-13-10(9)11(8)14/h4-5,14H,2-3H2,1H3. The van der Waals surface area contributed by atoms with Gasteiger partial charge in [0.05, 0.1) is 12.5 Å². The molecule has 0 amide bonds. The molecule has 0 saturated heterocycles. The van der Waals surface area contributed by atoms with E-state index in [1.165, 1.54) is 7.11 Å². The Kier molecular flexibility index (Phi) is 1.59. The second-order valence-electron chi connectivity index (χ2n) is 3.59. The first-order chi connectivity index (χ1) is 7.31. The van der Waals surface area contributed by atoms with E-state index in [1.54, 1.807) is 6.07 Å². The molecule has 15 heavy (non-hydrogen) atoms. The molecule has 0 fully saturated rings. The molecule has 0 aliphatic carbocycles. The molecule has 0 saturated carbocycles. The zero-order valence-corrected chi connectivity index (χ0v) is 8.32. The zero-order valence-electron chi connectivity index (χ0n) is 8.32. The van der Waals surface area contributed by atoms with Crippen LogP contribution < -0.4 is 15.3 Å². The Hall–Kier alpha value is -1.84. The van der Waals surface area contributed by atoms with E-state index in [0.29, 0.717) is 11.4 Å². The summed E-state index contributed by atoms with van der Waals surface area (Å²) in [4.78, 5) is 8.61. The van der Waals surface area contributed by atoms with Crippen molar-refractivity contribution in [3.05, 3.63) is 16.6 Å². The molecule has 4 nitrogen and oxygen atoms in total. The Balaban J connectivity index is 2.50. The van der Waals surface area contributed by atoms with E-state index in [0.717, 1.165) is 29.1 Å². The van der Waals surface area contributed by atoms with Crippen LogP contribution in [0.15, 0.2) is 16.1 Å². The number of nitrogens with zero attached hydrogens (tertiary/aromatic N) is 2. The molecular formula is C11H10N2O2. The first kappa shape index (κ1) is 8.47. The minimum absolute atomic E-state index is 0.111. The van der Waals surface area contributed by atoms with Crippen LogP contribution in [-0.4, -0.2) is 25.0 Å². The molecular weight excluding hydrogens is 192 g/mol. The van der Waals surface area contributed by atoms with E-state index in [-0.39, 0.29) is 5.75 Å². The number of aromatic hydroxyl groups is 1. The van der Waals surface area contributed by atoms with Crippen molar-refractivity contribution in [2.45, 2.75) is 6.42 Å². The number of hydrogen-bond acceptors (Lipinski definition) is 4. The molecule has 76 valence electrons. The van der Waals surface area contributed by atoms with Crippen molar-refractivity contribution in [1.29, 1.82) is 0 Å². The van der Waals surface area contributed by atoms with E-state index in [9.17, 15) is 5.11 Å². The topological polar surface area (TPSA) is 54.2 Å². The number of phenols is 1. The lowest BCUT2D eigenvalue weighted by Gasteiger charge is -2.08. The third-order valence-corrected chi connectivity index (χ3v) is 2.77. The molecule has 1 aromatic rings. The van der Waals surface area contributed by atoms with Crippen LogP contribution >= 0.6 is 0 Å². The van der Waals surface area contributed by atoms with Gasteiger partial charge in [-0.2, -0.15) is 0 Å². The minimum atomic E-state index is 0.111. The summed E-state index contributed by atoms with van der Waals surface area (Å²) in [5.41, 5.74) is 1.76. The first-order valence-corrected chi connectivity index (χ1v) is 4.83. The van der Waals surface area contributed by atoms with Crippen LogP contribution in [0.2, 0.25) is 0 Å². The van der Waals surface area contributed by atoms with Gasteiger partial charge in [-0.15, -0.1) is 0 Å². The number of ether oxygens (including phenoxy) is 1. The number of hydrogen-bond donors (Lipinski definition) is 1. The quantitative estimate of drug-likeness (QED) is 0.711. The van der Waals surface area contributed by atoms with Gasteiger partial charge in [-0.1, -0.05) is 0 Å². The normalized spacial score (nSPS) is 16.2. The summed E-state index contributed by atoms with van der Waals surface area (Å²) in [5, 5.41) is 11.7. The van der Waals surface area contributed by atoms with E-state index >= 15 is 0 Å². The van der Waals surface area contributed by atoms with Crippen LogP contribution in [0.1, 0.15) is 6.42 Å². The highest BCUT2D eigenvalue weighted by molar-refractivity contribution is 6.07. The number of phenolic OH excluding ortho intramolecular Hbond substituents is 1. The van der Waals surface area contributed by atoms with Crippen molar-refractivity contribution < 1.29 is 9.84 Å². The smallest absolute Gasteiger partial charge is 0.184 e. The van der Waals surface area contributed by atoms with Crippen LogP contribution in [-0.2, 0) is 0 Å². The maximum atomic E-state index is 9.88. The highest BCUT2D eigenvalue weighted by Crippen LogP contribution is 2.33. The number of aliphatic imine (C=N–C) groups is 1. The number of benzene rings is 1. The van der Waals surface area contributed by atoms with Crippen molar-refractivity contribution in [3.63, 3.8) is 0 Å². The Morgan fingerprint density at radius 3 is 3.13 bits per heavy atom. The molecule has 0 spiro atoms. The SMILES string of the molecule is COc1cc2c3c(c1O)N=CC=3CCN=2. The average molecular weight is 202 g/mol. The summed E-state index contributed by atoms with van der Waals surface area (Å²) in [6.07, 6.45) is 2.71. The largest absolute Gasteiger partial charge is 0.503 e. The Morgan fingerprint density at radius 2 is 2.33 bits per heavy atom. The molecule has 1 aromatic carbocycles. The third kappa shape index (κ3) is 1.02. The monoisotopic (exact) mass is 202 g/mol. The van der Waals surface area contributed by atoms with E-state index < -0.39 is 0 Å². The molecule has 0 aromatic heterocycles. The maximum absolute atomic E-state index is 9.88. The van der Waals surface area contributed by atoms with Gasteiger partial charge in [-0.05, 0) is 12.0 Å². The molecule has 2 aliphatic rings. The molecule has 0 radical (unpaired) electrons. The van der Waals surface area contributed by atoms with Gasteiger partial charge in [0, 0.05) is 24.0 Å². The Labute approximate surface area is 86.3 Å². The summed E-state index contributed by atoms with van der Waals surface area (Å²) in [6, 6.07) is 1.77. The zero-order chi connectivity index (χ0) is 10.4. The lowest BCUT2D eigenvalue weighted by molar-refractivity contribution is 0.373. The molecule has 3 rings (SSSR count). The van der Waals surface area contributed by atoms with Crippen LogP contribution in [0.4, 0.5) is 5.69 Å². The lowest BCUT2D eigenvalue weighted by atomic mass is 10.1. The van der Waals surface area contributed by atoms with Crippen molar-refractivity contribution in [1.82, 2.24) is 0 Å². The van der Waals surface area contributed by atoms with Gasteiger partial charge >= 0.3 is 0 Å². The van der Waals surface area contributed by atoms with Gasteiger partial charge in [0.25, 0.3) is 0 Å². The molecule has 0 atom stereocenters. The highest BCUT2D eigenvalue weighted by atomic mass is 16.5. The summed E-state index contributed by atoms with van der Waals surface area (Å²) >= 11 is 0. The van der Waals surface area contributed by atoms with Crippen LogP contribution in [0.3, 0.4) is 0 Å². The van der Waals surface area contributed by atoms with E-state index in [2.05, 4.69) is 9.98 Å². The maximum Gasteiger partial charge on any atom is 0.184 e. The predicted octanol–water partition coefficient (Wildman–Crippen LogP) is 0.291. The van der Waals surface area contributed by atoms with Crippen molar-refractivity contribution in [2.24, 2.45) is 9.98 Å². The second kappa shape index (κ2) is 2.82.